The molecule has 2 aliphatic rings. The number of likely N-dealkylation sites (tertiary alicyclic amines) is 1. The summed E-state index contributed by atoms with van der Waals surface area (Å²) < 4.78 is 0. The van der Waals surface area contributed by atoms with Gasteiger partial charge in [0.2, 0.25) is 0 Å². The van der Waals surface area contributed by atoms with E-state index in [0.29, 0.717) is 5.92 Å². The van der Waals surface area contributed by atoms with Gasteiger partial charge in [0, 0.05) is 36.5 Å². The minimum Gasteiger partial charge on any atom is -0.390 e. The van der Waals surface area contributed by atoms with Crippen LogP contribution in [0.1, 0.15) is 68.2 Å². The molecule has 0 spiro atoms. The lowest BCUT2D eigenvalue weighted by atomic mass is 9.62. The predicted molar refractivity (Wildman–Crippen MR) is 116 cm³/mol. The fraction of sp³-hybridized carbons (Fsp3) is 0.560. The Kier molecular flexibility index (Phi) is 5.09. The fourth-order valence-corrected chi connectivity index (χ4v) is 4.94. The molecule has 1 aliphatic carbocycles. The summed E-state index contributed by atoms with van der Waals surface area (Å²) in [7, 11) is 2.09. The van der Waals surface area contributed by atoms with Crippen LogP contribution < -0.4 is 0 Å². The maximum absolute atomic E-state index is 12.2. The largest absolute Gasteiger partial charge is 0.390 e. The molecule has 2 heterocycles. The highest BCUT2D eigenvalue weighted by Gasteiger charge is 2.55. The summed E-state index contributed by atoms with van der Waals surface area (Å²) in [4.78, 5) is 6.72. The topological polar surface area (TPSA) is 56.6 Å². The molecule has 1 aliphatic heterocycles. The molecule has 1 saturated heterocycles. The van der Waals surface area contributed by atoms with Gasteiger partial charge in [0.05, 0.1) is 5.60 Å². The Hall–Kier alpha value is -1.75. The van der Waals surface area contributed by atoms with Crippen LogP contribution in [0.4, 0.5) is 0 Å². The molecule has 1 atom stereocenters. The summed E-state index contributed by atoms with van der Waals surface area (Å²) >= 11 is 0. The summed E-state index contributed by atoms with van der Waals surface area (Å²) in [5.41, 5.74) is 2.28. The van der Waals surface area contributed by atoms with Gasteiger partial charge in [-0.3, -0.25) is 4.98 Å². The minimum atomic E-state index is -1.10. The molecule has 29 heavy (non-hydrogen) atoms. The van der Waals surface area contributed by atoms with Crippen molar-refractivity contribution in [3.8, 4) is 0 Å². The molecular formula is C25H34N2O2. The summed E-state index contributed by atoms with van der Waals surface area (Å²) in [6, 6.07) is 10.5. The Morgan fingerprint density at radius 2 is 1.76 bits per heavy atom. The smallest absolute Gasteiger partial charge is 0.124 e. The van der Waals surface area contributed by atoms with Crippen molar-refractivity contribution in [1.82, 2.24) is 9.88 Å². The van der Waals surface area contributed by atoms with E-state index in [2.05, 4.69) is 68.0 Å². The number of hydrogen-bond acceptors (Lipinski definition) is 4. The number of aryl methyl sites for hydroxylation is 1. The summed E-state index contributed by atoms with van der Waals surface area (Å²) in [5.74, 6) is 0.459. The van der Waals surface area contributed by atoms with E-state index in [1.54, 1.807) is 0 Å². The van der Waals surface area contributed by atoms with E-state index in [-0.39, 0.29) is 5.41 Å². The second-order valence-electron chi connectivity index (χ2n) is 10.0. The van der Waals surface area contributed by atoms with E-state index in [1.807, 2.05) is 12.4 Å². The Bertz CT molecular complexity index is 867. The van der Waals surface area contributed by atoms with Crippen LogP contribution in [-0.2, 0) is 12.0 Å². The standard InChI is InChI=1S/C25H34N2O2/c1-18(2)20-5-7-21(8-6-20)25(29,23(3)16-27(4)17-23)22-13-19(14-26-15-22)9-10-24(28)11-12-24/h5-8,13-15,18,28-29H,9-12,16-17H2,1-4H3/t25-/m0/s1. The normalized spacial score (nSPS) is 22.2. The third-order valence-electron chi connectivity index (χ3n) is 7.03. The Labute approximate surface area is 174 Å². The van der Waals surface area contributed by atoms with E-state index in [1.165, 1.54) is 5.56 Å². The maximum Gasteiger partial charge on any atom is 0.124 e. The summed E-state index contributed by atoms with van der Waals surface area (Å²) in [5, 5.41) is 22.4. The van der Waals surface area contributed by atoms with Gasteiger partial charge in [0.1, 0.15) is 5.60 Å². The molecule has 4 nitrogen and oxygen atoms in total. The molecule has 0 unspecified atom stereocenters. The molecule has 0 bridgehead atoms. The van der Waals surface area contributed by atoms with E-state index >= 15 is 0 Å². The molecule has 4 rings (SSSR count). The molecule has 2 aromatic rings. The average Bonchev–Trinajstić information content (AvgIpc) is 3.42. The zero-order valence-electron chi connectivity index (χ0n) is 18.2. The number of aromatic nitrogens is 1. The second-order valence-corrected chi connectivity index (χ2v) is 10.0. The first-order chi connectivity index (χ1) is 13.7. The average molecular weight is 395 g/mol. The third kappa shape index (κ3) is 3.74. The number of aliphatic hydroxyl groups is 2. The molecule has 0 radical (unpaired) electrons. The third-order valence-corrected chi connectivity index (χ3v) is 7.03. The molecule has 0 amide bonds. The first-order valence-corrected chi connectivity index (χ1v) is 10.8. The van der Waals surface area contributed by atoms with Crippen molar-refractivity contribution >= 4 is 0 Å². The number of rotatable bonds is 7. The van der Waals surface area contributed by atoms with Crippen LogP contribution in [0.25, 0.3) is 0 Å². The second kappa shape index (κ2) is 7.19. The summed E-state index contributed by atoms with van der Waals surface area (Å²) in [6.45, 7) is 8.21. The molecule has 4 heteroatoms. The molecule has 1 saturated carbocycles. The van der Waals surface area contributed by atoms with Crippen LogP contribution in [0.3, 0.4) is 0 Å². The van der Waals surface area contributed by atoms with Gasteiger partial charge in [-0.1, -0.05) is 45.0 Å². The summed E-state index contributed by atoms with van der Waals surface area (Å²) in [6.07, 6.45) is 7.03. The molecule has 1 aromatic heterocycles. The van der Waals surface area contributed by atoms with Gasteiger partial charge in [-0.25, -0.2) is 0 Å². The minimum absolute atomic E-state index is 0.282. The van der Waals surface area contributed by atoms with Crippen molar-refractivity contribution in [2.75, 3.05) is 20.1 Å². The van der Waals surface area contributed by atoms with Gasteiger partial charge in [0.25, 0.3) is 0 Å². The van der Waals surface area contributed by atoms with E-state index in [0.717, 1.165) is 55.5 Å². The first-order valence-electron chi connectivity index (χ1n) is 10.8. The number of pyridine rings is 1. The lowest BCUT2D eigenvalue weighted by Gasteiger charge is -2.56. The monoisotopic (exact) mass is 394 g/mol. The lowest BCUT2D eigenvalue weighted by Crippen LogP contribution is -2.63. The zero-order valence-corrected chi connectivity index (χ0v) is 18.2. The molecule has 1 aromatic carbocycles. The fourth-order valence-electron chi connectivity index (χ4n) is 4.94. The van der Waals surface area contributed by atoms with E-state index in [9.17, 15) is 10.2 Å². The number of benzene rings is 1. The van der Waals surface area contributed by atoms with Crippen LogP contribution in [0.2, 0.25) is 0 Å². The Morgan fingerprint density at radius 3 is 2.31 bits per heavy atom. The highest BCUT2D eigenvalue weighted by atomic mass is 16.3. The van der Waals surface area contributed by atoms with Crippen molar-refractivity contribution in [3.05, 3.63) is 65.0 Å². The Balaban J connectivity index is 1.71. The lowest BCUT2D eigenvalue weighted by molar-refractivity contribution is -0.127. The van der Waals surface area contributed by atoms with Crippen molar-refractivity contribution in [2.45, 2.75) is 63.6 Å². The predicted octanol–water partition coefficient (Wildman–Crippen LogP) is 3.85. The van der Waals surface area contributed by atoms with Crippen molar-refractivity contribution in [2.24, 2.45) is 5.41 Å². The highest BCUT2D eigenvalue weighted by molar-refractivity contribution is 5.42. The van der Waals surface area contributed by atoms with Gasteiger partial charge in [-0.2, -0.15) is 0 Å². The van der Waals surface area contributed by atoms with Gasteiger partial charge in [0.15, 0.2) is 0 Å². The van der Waals surface area contributed by atoms with Gasteiger partial charge in [-0.15, -0.1) is 0 Å². The van der Waals surface area contributed by atoms with E-state index < -0.39 is 11.2 Å². The quantitative estimate of drug-likeness (QED) is 0.749. The molecule has 2 N–H and O–H groups in total. The Morgan fingerprint density at radius 1 is 1.10 bits per heavy atom. The number of nitrogens with zero attached hydrogens (tertiary/aromatic N) is 2. The van der Waals surface area contributed by atoms with Gasteiger partial charge >= 0.3 is 0 Å². The van der Waals surface area contributed by atoms with Crippen LogP contribution in [0.15, 0.2) is 42.7 Å². The zero-order chi connectivity index (χ0) is 20.9. The molecule has 2 fully saturated rings. The van der Waals surface area contributed by atoms with Crippen molar-refractivity contribution in [3.63, 3.8) is 0 Å². The molecular weight excluding hydrogens is 360 g/mol. The SMILES string of the molecule is CC(C)c1ccc([C@](O)(c2cncc(CCC3(O)CC3)c2)C2(C)CN(C)C2)cc1. The van der Waals surface area contributed by atoms with Crippen LogP contribution in [0, 0.1) is 5.41 Å². The van der Waals surface area contributed by atoms with Crippen LogP contribution >= 0.6 is 0 Å². The molecule has 156 valence electrons. The first kappa shape index (κ1) is 20.5. The van der Waals surface area contributed by atoms with Crippen molar-refractivity contribution in [1.29, 1.82) is 0 Å². The van der Waals surface area contributed by atoms with Crippen LogP contribution in [0.5, 0.6) is 0 Å². The maximum atomic E-state index is 12.2. The van der Waals surface area contributed by atoms with Gasteiger partial charge < -0.3 is 15.1 Å². The number of hydrogen-bond donors (Lipinski definition) is 2. The van der Waals surface area contributed by atoms with Gasteiger partial charge in [-0.05, 0) is 61.4 Å². The van der Waals surface area contributed by atoms with Crippen LogP contribution in [-0.4, -0.2) is 45.8 Å². The van der Waals surface area contributed by atoms with Crippen molar-refractivity contribution < 1.29 is 10.2 Å². The highest BCUT2D eigenvalue weighted by Crippen LogP contribution is 2.50. The van der Waals surface area contributed by atoms with E-state index in [4.69, 9.17) is 0 Å².